The number of ether oxygens (including phenoxy) is 1. The van der Waals surface area contributed by atoms with Crippen molar-refractivity contribution in [3.05, 3.63) is 58.6 Å². The zero-order valence-electron chi connectivity index (χ0n) is 15.6. The molecule has 28 heavy (non-hydrogen) atoms. The van der Waals surface area contributed by atoms with Gasteiger partial charge in [-0.3, -0.25) is 4.79 Å². The molecule has 0 saturated heterocycles. The first kappa shape index (κ1) is 19.8. The highest BCUT2D eigenvalue weighted by Crippen LogP contribution is 2.19. The Morgan fingerprint density at radius 2 is 2.00 bits per heavy atom. The van der Waals surface area contributed by atoms with Gasteiger partial charge in [0.2, 0.25) is 11.7 Å². The van der Waals surface area contributed by atoms with Crippen LogP contribution >= 0.6 is 11.3 Å². The SMILES string of the molecule is CC(C)C(NC(=O)Cc1ccccc1)C(=O)OCc1nc(-c2ccsc2)no1. The molecule has 0 bridgehead atoms. The lowest BCUT2D eigenvalue weighted by molar-refractivity contribution is -0.151. The number of carbonyl (C=O) groups is 2. The lowest BCUT2D eigenvalue weighted by Gasteiger charge is -2.20. The summed E-state index contributed by atoms with van der Waals surface area (Å²) in [5.74, 6) is -0.251. The van der Waals surface area contributed by atoms with Crippen LogP contribution < -0.4 is 5.32 Å². The van der Waals surface area contributed by atoms with E-state index in [2.05, 4.69) is 15.5 Å². The Bertz CT molecular complexity index is 907. The van der Waals surface area contributed by atoms with Gasteiger partial charge in [0.1, 0.15) is 6.04 Å². The summed E-state index contributed by atoms with van der Waals surface area (Å²) >= 11 is 1.53. The van der Waals surface area contributed by atoms with Crippen LogP contribution in [0, 0.1) is 5.92 Å². The Hall–Kier alpha value is -3.00. The van der Waals surface area contributed by atoms with Crippen molar-refractivity contribution < 1.29 is 18.8 Å². The molecular formula is C20H21N3O4S. The quantitative estimate of drug-likeness (QED) is 0.585. The Balaban J connectivity index is 1.55. The number of hydrogen-bond donors (Lipinski definition) is 1. The number of hydrogen-bond acceptors (Lipinski definition) is 7. The summed E-state index contributed by atoms with van der Waals surface area (Å²) in [6.07, 6.45) is 0.199. The van der Waals surface area contributed by atoms with Crippen LogP contribution in [0.2, 0.25) is 0 Å². The highest BCUT2D eigenvalue weighted by Gasteiger charge is 2.26. The molecular weight excluding hydrogens is 378 g/mol. The van der Waals surface area contributed by atoms with Gasteiger partial charge in [-0.25, -0.2) is 4.79 Å². The van der Waals surface area contributed by atoms with Crippen LogP contribution in [0.4, 0.5) is 0 Å². The number of nitrogens with one attached hydrogen (secondary N) is 1. The van der Waals surface area contributed by atoms with E-state index in [1.807, 2.05) is 61.0 Å². The summed E-state index contributed by atoms with van der Waals surface area (Å²) in [5, 5.41) is 10.4. The molecule has 7 nitrogen and oxygen atoms in total. The Morgan fingerprint density at radius 1 is 1.21 bits per heavy atom. The van der Waals surface area contributed by atoms with Crippen LogP contribution in [0.15, 0.2) is 51.7 Å². The first-order valence-corrected chi connectivity index (χ1v) is 9.82. The third kappa shape index (κ3) is 5.26. The minimum absolute atomic E-state index is 0.128. The lowest BCUT2D eigenvalue weighted by atomic mass is 10.0. The molecule has 3 aromatic rings. The summed E-state index contributed by atoms with van der Waals surface area (Å²) in [5.41, 5.74) is 1.72. The minimum Gasteiger partial charge on any atom is -0.454 e. The van der Waals surface area contributed by atoms with Gasteiger partial charge in [0, 0.05) is 10.9 Å². The summed E-state index contributed by atoms with van der Waals surface area (Å²) in [7, 11) is 0. The molecule has 2 heterocycles. The van der Waals surface area contributed by atoms with Crippen molar-refractivity contribution in [2.24, 2.45) is 5.92 Å². The van der Waals surface area contributed by atoms with Gasteiger partial charge in [0.15, 0.2) is 6.61 Å². The Kier molecular flexibility index (Phi) is 6.54. The molecule has 0 aliphatic carbocycles. The van der Waals surface area contributed by atoms with Crippen LogP contribution in [-0.2, 0) is 27.4 Å². The van der Waals surface area contributed by atoms with Gasteiger partial charge in [0.05, 0.1) is 6.42 Å². The third-order valence-corrected chi connectivity index (χ3v) is 4.71. The van der Waals surface area contributed by atoms with E-state index >= 15 is 0 Å². The van der Waals surface area contributed by atoms with Crippen LogP contribution in [0.5, 0.6) is 0 Å². The largest absolute Gasteiger partial charge is 0.454 e. The predicted molar refractivity (Wildman–Crippen MR) is 104 cm³/mol. The van der Waals surface area contributed by atoms with E-state index in [1.54, 1.807) is 0 Å². The van der Waals surface area contributed by atoms with Crippen LogP contribution in [0.3, 0.4) is 0 Å². The first-order chi connectivity index (χ1) is 13.5. The second-order valence-corrected chi connectivity index (χ2v) is 7.36. The molecule has 0 spiro atoms. The van der Waals surface area contributed by atoms with Crippen molar-refractivity contribution >= 4 is 23.2 Å². The zero-order valence-corrected chi connectivity index (χ0v) is 16.4. The standard InChI is InChI=1S/C20H21N3O4S/c1-13(2)18(21-16(24)10-14-6-4-3-5-7-14)20(25)26-11-17-22-19(23-27-17)15-8-9-28-12-15/h3-9,12-13,18H,10-11H2,1-2H3,(H,21,24). The number of esters is 1. The number of rotatable bonds is 8. The molecule has 1 N–H and O–H groups in total. The highest BCUT2D eigenvalue weighted by atomic mass is 32.1. The fourth-order valence-corrected chi connectivity index (χ4v) is 3.18. The maximum atomic E-state index is 12.5. The molecule has 0 radical (unpaired) electrons. The van der Waals surface area contributed by atoms with Gasteiger partial charge in [-0.1, -0.05) is 49.3 Å². The number of nitrogens with zero attached hydrogens (tertiary/aromatic N) is 2. The van der Waals surface area contributed by atoms with E-state index in [9.17, 15) is 9.59 Å². The maximum absolute atomic E-state index is 12.5. The fourth-order valence-electron chi connectivity index (χ4n) is 2.55. The van der Waals surface area contributed by atoms with Crippen LogP contribution in [0.1, 0.15) is 25.3 Å². The Morgan fingerprint density at radius 3 is 2.68 bits per heavy atom. The number of amides is 1. The molecule has 2 aromatic heterocycles. The first-order valence-electron chi connectivity index (χ1n) is 8.88. The van der Waals surface area contributed by atoms with Gasteiger partial charge in [0.25, 0.3) is 5.89 Å². The van der Waals surface area contributed by atoms with Crippen LogP contribution in [0.25, 0.3) is 11.4 Å². The van der Waals surface area contributed by atoms with E-state index in [4.69, 9.17) is 9.26 Å². The monoisotopic (exact) mass is 399 g/mol. The molecule has 1 unspecified atom stereocenters. The van der Waals surface area contributed by atoms with E-state index in [1.165, 1.54) is 11.3 Å². The van der Waals surface area contributed by atoms with E-state index in [0.717, 1.165) is 11.1 Å². The molecule has 146 valence electrons. The summed E-state index contributed by atoms with van der Waals surface area (Å²) in [4.78, 5) is 28.9. The van der Waals surface area contributed by atoms with Crippen molar-refractivity contribution in [3.8, 4) is 11.4 Å². The van der Waals surface area contributed by atoms with Gasteiger partial charge in [-0.2, -0.15) is 16.3 Å². The second-order valence-electron chi connectivity index (χ2n) is 6.58. The lowest BCUT2D eigenvalue weighted by Crippen LogP contribution is -2.45. The smallest absolute Gasteiger partial charge is 0.329 e. The number of thiophene rings is 1. The molecule has 1 atom stereocenters. The zero-order chi connectivity index (χ0) is 19.9. The maximum Gasteiger partial charge on any atom is 0.329 e. The topological polar surface area (TPSA) is 94.3 Å². The molecule has 0 fully saturated rings. The number of carbonyl (C=O) groups excluding carboxylic acids is 2. The van der Waals surface area contributed by atoms with Crippen molar-refractivity contribution in [3.63, 3.8) is 0 Å². The van der Waals surface area contributed by atoms with Crippen molar-refractivity contribution in [1.82, 2.24) is 15.5 Å². The normalized spacial score (nSPS) is 12.0. The molecule has 0 saturated carbocycles. The summed E-state index contributed by atoms with van der Waals surface area (Å²) in [6, 6.07) is 10.5. The van der Waals surface area contributed by atoms with Crippen molar-refractivity contribution in [1.29, 1.82) is 0 Å². The summed E-state index contributed by atoms with van der Waals surface area (Å²) < 4.78 is 10.4. The highest BCUT2D eigenvalue weighted by molar-refractivity contribution is 7.08. The fraction of sp³-hybridized carbons (Fsp3) is 0.300. The van der Waals surface area contributed by atoms with Gasteiger partial charge in [-0.15, -0.1) is 0 Å². The van der Waals surface area contributed by atoms with E-state index in [-0.39, 0.29) is 30.7 Å². The minimum atomic E-state index is -0.754. The molecule has 1 amide bonds. The molecule has 3 rings (SSSR count). The predicted octanol–water partition coefficient (Wildman–Crippen LogP) is 3.22. The van der Waals surface area contributed by atoms with Crippen molar-refractivity contribution in [2.75, 3.05) is 0 Å². The number of aromatic nitrogens is 2. The average Bonchev–Trinajstić information content (AvgIpc) is 3.36. The second kappa shape index (κ2) is 9.27. The van der Waals surface area contributed by atoms with Gasteiger partial charge >= 0.3 is 5.97 Å². The number of benzene rings is 1. The van der Waals surface area contributed by atoms with E-state index in [0.29, 0.717) is 5.82 Å². The van der Waals surface area contributed by atoms with Gasteiger partial charge < -0.3 is 14.6 Å². The average molecular weight is 399 g/mol. The third-order valence-electron chi connectivity index (χ3n) is 4.03. The summed E-state index contributed by atoms with van der Waals surface area (Å²) in [6.45, 7) is 3.54. The molecule has 0 aliphatic rings. The van der Waals surface area contributed by atoms with E-state index < -0.39 is 12.0 Å². The Labute approximate surface area is 166 Å². The molecule has 0 aliphatic heterocycles. The molecule has 1 aromatic carbocycles. The van der Waals surface area contributed by atoms with Crippen molar-refractivity contribution in [2.45, 2.75) is 32.9 Å². The van der Waals surface area contributed by atoms with Gasteiger partial charge in [-0.05, 0) is 22.9 Å². The van der Waals surface area contributed by atoms with Crippen LogP contribution in [-0.4, -0.2) is 28.1 Å². The molecule has 8 heteroatoms.